The first-order valence-corrected chi connectivity index (χ1v) is 10.2. The molecule has 0 spiro atoms. The van der Waals surface area contributed by atoms with E-state index in [9.17, 15) is 18.0 Å². The lowest BCUT2D eigenvalue weighted by Gasteiger charge is -2.12. The summed E-state index contributed by atoms with van der Waals surface area (Å²) in [5.74, 6) is 1.20. The van der Waals surface area contributed by atoms with Gasteiger partial charge in [-0.2, -0.15) is 0 Å². The zero-order chi connectivity index (χ0) is 21.2. The highest BCUT2D eigenvalue weighted by molar-refractivity contribution is 7.89. The van der Waals surface area contributed by atoms with Crippen LogP contribution >= 0.6 is 0 Å². The van der Waals surface area contributed by atoms with Crippen molar-refractivity contribution >= 4 is 21.1 Å². The largest absolute Gasteiger partial charge is 0.497 e. The number of aromatic nitrogens is 2. The standard InChI is InChI=1S/C19H21N3O6S/c1-21-16-8-7-15(12-17(16)22(2)19(24)18(21)23)29(25,26)20-9-10-28-14-6-4-5-13(11-14)27-3/h4-8,11-12,20H,9-10H2,1-3H3. The van der Waals surface area contributed by atoms with E-state index >= 15 is 0 Å². The SMILES string of the molecule is COc1cccc(OCCNS(=O)(=O)c2ccc3c(c2)n(C)c(=O)c(=O)n3C)c1. The van der Waals surface area contributed by atoms with Crippen LogP contribution in [0.3, 0.4) is 0 Å². The number of ether oxygens (including phenoxy) is 2. The van der Waals surface area contributed by atoms with Gasteiger partial charge in [-0.1, -0.05) is 6.07 Å². The topological polar surface area (TPSA) is 109 Å². The minimum Gasteiger partial charge on any atom is -0.497 e. The molecular formula is C19H21N3O6S. The Hall–Kier alpha value is -3.11. The molecule has 1 N–H and O–H groups in total. The Morgan fingerprint density at radius 3 is 2.28 bits per heavy atom. The smallest absolute Gasteiger partial charge is 0.316 e. The van der Waals surface area contributed by atoms with Gasteiger partial charge in [-0.05, 0) is 30.3 Å². The first-order valence-electron chi connectivity index (χ1n) is 8.71. The van der Waals surface area contributed by atoms with Gasteiger partial charge in [0, 0.05) is 26.7 Å². The molecule has 0 aliphatic heterocycles. The Morgan fingerprint density at radius 1 is 0.931 bits per heavy atom. The number of hydrogen-bond acceptors (Lipinski definition) is 6. The van der Waals surface area contributed by atoms with Crippen LogP contribution in [0.15, 0.2) is 56.9 Å². The van der Waals surface area contributed by atoms with Crippen molar-refractivity contribution in [3.05, 3.63) is 63.2 Å². The fourth-order valence-corrected chi connectivity index (χ4v) is 3.88. The summed E-state index contributed by atoms with van der Waals surface area (Å²) >= 11 is 0. The molecule has 0 bridgehead atoms. The molecule has 3 rings (SSSR count). The van der Waals surface area contributed by atoms with E-state index in [2.05, 4.69) is 4.72 Å². The number of methoxy groups -OCH3 is 1. The lowest BCUT2D eigenvalue weighted by atomic mass is 10.3. The third-order valence-electron chi connectivity index (χ3n) is 4.48. The fraction of sp³-hybridized carbons (Fsp3) is 0.263. The summed E-state index contributed by atoms with van der Waals surface area (Å²) in [6.07, 6.45) is 0. The Labute approximate surface area is 167 Å². The number of rotatable bonds is 7. The molecule has 1 aromatic heterocycles. The quantitative estimate of drug-likeness (QED) is 0.444. The van der Waals surface area contributed by atoms with Crippen LogP contribution < -0.4 is 25.3 Å². The highest BCUT2D eigenvalue weighted by atomic mass is 32.2. The molecule has 1 heterocycles. The Morgan fingerprint density at radius 2 is 1.59 bits per heavy atom. The van der Waals surface area contributed by atoms with E-state index < -0.39 is 21.1 Å². The molecule has 0 saturated carbocycles. The van der Waals surface area contributed by atoms with Crippen molar-refractivity contribution in [1.82, 2.24) is 13.9 Å². The predicted octanol–water partition coefficient (Wildman–Crippen LogP) is 0.603. The average Bonchev–Trinajstić information content (AvgIpc) is 2.73. The summed E-state index contributed by atoms with van der Waals surface area (Å²) in [5, 5.41) is 0. The van der Waals surface area contributed by atoms with Crippen LogP contribution in [-0.4, -0.2) is 37.8 Å². The van der Waals surface area contributed by atoms with Crippen LogP contribution in [0.2, 0.25) is 0 Å². The van der Waals surface area contributed by atoms with Crippen molar-refractivity contribution in [2.45, 2.75) is 4.90 Å². The highest BCUT2D eigenvalue weighted by Crippen LogP contribution is 2.19. The van der Waals surface area contributed by atoms with Crippen molar-refractivity contribution in [2.24, 2.45) is 14.1 Å². The van der Waals surface area contributed by atoms with Crippen LogP contribution in [0.5, 0.6) is 11.5 Å². The number of benzene rings is 2. The second-order valence-electron chi connectivity index (χ2n) is 6.30. The molecular weight excluding hydrogens is 398 g/mol. The van der Waals surface area contributed by atoms with Crippen LogP contribution in [0.4, 0.5) is 0 Å². The lowest BCUT2D eigenvalue weighted by molar-refractivity contribution is 0.320. The van der Waals surface area contributed by atoms with Crippen molar-refractivity contribution in [1.29, 1.82) is 0 Å². The maximum atomic E-state index is 12.6. The van der Waals surface area contributed by atoms with Gasteiger partial charge < -0.3 is 18.6 Å². The van der Waals surface area contributed by atoms with Crippen LogP contribution in [0, 0.1) is 0 Å². The van der Waals surface area contributed by atoms with Gasteiger partial charge in [-0.25, -0.2) is 13.1 Å². The van der Waals surface area contributed by atoms with E-state index in [1.165, 1.54) is 36.9 Å². The third kappa shape index (κ3) is 4.17. The molecule has 0 atom stereocenters. The zero-order valence-corrected chi connectivity index (χ0v) is 17.0. The molecule has 154 valence electrons. The minimum atomic E-state index is -3.83. The summed E-state index contributed by atoms with van der Waals surface area (Å²) < 4.78 is 40.6. The Bertz CT molecular complexity index is 1280. The van der Waals surface area contributed by atoms with Crippen LogP contribution in [0.25, 0.3) is 11.0 Å². The van der Waals surface area contributed by atoms with E-state index in [0.717, 1.165) is 4.57 Å². The molecule has 2 aromatic carbocycles. The molecule has 0 fully saturated rings. The molecule has 0 amide bonds. The van der Waals surface area contributed by atoms with Gasteiger partial charge in [-0.15, -0.1) is 0 Å². The van der Waals surface area contributed by atoms with Crippen molar-refractivity contribution in [3.8, 4) is 11.5 Å². The van der Waals surface area contributed by atoms with Gasteiger partial charge in [0.2, 0.25) is 10.0 Å². The van der Waals surface area contributed by atoms with Crippen LogP contribution in [0.1, 0.15) is 0 Å². The highest BCUT2D eigenvalue weighted by Gasteiger charge is 2.16. The van der Waals surface area contributed by atoms with Gasteiger partial charge in [0.05, 0.1) is 23.0 Å². The summed E-state index contributed by atoms with van der Waals surface area (Å²) in [5.41, 5.74) is -0.609. The number of fused-ring (bicyclic) bond motifs is 1. The van der Waals surface area contributed by atoms with Crippen LogP contribution in [-0.2, 0) is 24.1 Å². The second kappa shape index (κ2) is 8.10. The number of sulfonamides is 1. The predicted molar refractivity (Wildman–Crippen MR) is 108 cm³/mol. The van der Waals surface area contributed by atoms with Gasteiger partial charge in [0.1, 0.15) is 18.1 Å². The zero-order valence-electron chi connectivity index (χ0n) is 16.2. The van der Waals surface area contributed by atoms with Gasteiger partial charge >= 0.3 is 11.1 Å². The summed E-state index contributed by atoms with van der Waals surface area (Å²) in [6, 6.07) is 11.2. The molecule has 9 nitrogen and oxygen atoms in total. The van der Waals surface area contributed by atoms with E-state index in [1.807, 2.05) is 0 Å². The van der Waals surface area contributed by atoms with Crippen molar-refractivity contribution in [3.63, 3.8) is 0 Å². The van der Waals surface area contributed by atoms with Gasteiger partial charge in [-0.3, -0.25) is 9.59 Å². The number of nitrogens with zero attached hydrogens (tertiary/aromatic N) is 2. The summed E-state index contributed by atoms with van der Waals surface area (Å²) in [4.78, 5) is 23.9. The molecule has 0 aliphatic carbocycles. The number of hydrogen-bond donors (Lipinski definition) is 1. The summed E-state index contributed by atoms with van der Waals surface area (Å²) in [6.45, 7) is 0.163. The number of aryl methyl sites for hydroxylation is 2. The normalized spacial score (nSPS) is 11.6. The minimum absolute atomic E-state index is 0.0139. The fourth-order valence-electron chi connectivity index (χ4n) is 2.85. The van der Waals surface area contributed by atoms with E-state index in [-0.39, 0.29) is 18.0 Å². The molecule has 0 unspecified atom stereocenters. The van der Waals surface area contributed by atoms with Gasteiger partial charge in [0.15, 0.2) is 0 Å². The first kappa shape index (κ1) is 20.6. The van der Waals surface area contributed by atoms with Crippen molar-refractivity contribution in [2.75, 3.05) is 20.3 Å². The molecule has 3 aromatic rings. The molecule has 29 heavy (non-hydrogen) atoms. The van der Waals surface area contributed by atoms with E-state index in [4.69, 9.17) is 9.47 Å². The Balaban J connectivity index is 1.76. The van der Waals surface area contributed by atoms with Gasteiger partial charge in [0.25, 0.3) is 0 Å². The lowest BCUT2D eigenvalue weighted by Crippen LogP contribution is -2.39. The Kier molecular flexibility index (Phi) is 5.76. The average molecular weight is 419 g/mol. The summed E-state index contributed by atoms with van der Waals surface area (Å²) in [7, 11) is 0.612. The maximum Gasteiger partial charge on any atom is 0.316 e. The van der Waals surface area contributed by atoms with E-state index in [0.29, 0.717) is 22.5 Å². The van der Waals surface area contributed by atoms with E-state index in [1.54, 1.807) is 31.4 Å². The molecule has 0 radical (unpaired) electrons. The third-order valence-corrected chi connectivity index (χ3v) is 5.93. The van der Waals surface area contributed by atoms with Crippen molar-refractivity contribution < 1.29 is 17.9 Å². The maximum absolute atomic E-state index is 12.6. The molecule has 0 aliphatic rings. The number of nitrogens with one attached hydrogen (secondary N) is 1. The second-order valence-corrected chi connectivity index (χ2v) is 8.07. The first-order chi connectivity index (χ1) is 13.7. The monoisotopic (exact) mass is 419 g/mol. The molecule has 10 heteroatoms. The molecule has 0 saturated heterocycles.